The third-order valence-corrected chi connectivity index (χ3v) is 5.10. The van der Waals surface area contributed by atoms with E-state index in [1.165, 1.54) is 11.4 Å². The molecule has 0 radical (unpaired) electrons. The van der Waals surface area contributed by atoms with Gasteiger partial charge in [0.05, 0.1) is 19.9 Å². The lowest BCUT2D eigenvalue weighted by Gasteiger charge is -2.31. The molecule has 0 amide bonds. The average molecular weight is 308 g/mol. The molecule has 7 heteroatoms. The van der Waals surface area contributed by atoms with Crippen molar-refractivity contribution < 1.29 is 17.9 Å². The summed E-state index contributed by atoms with van der Waals surface area (Å²) < 4.78 is 29.8. The van der Waals surface area contributed by atoms with Crippen LogP contribution in [0.3, 0.4) is 0 Å². The first-order valence-electron chi connectivity index (χ1n) is 6.55. The number of H-pyrrole nitrogens is 1. The summed E-state index contributed by atoms with van der Waals surface area (Å²) in [4.78, 5) is 15.2. The number of benzene rings is 1. The predicted molar refractivity (Wildman–Crippen MR) is 78.2 cm³/mol. The zero-order valence-corrected chi connectivity index (χ0v) is 12.6. The first-order valence-corrected chi connectivity index (χ1v) is 8.39. The summed E-state index contributed by atoms with van der Waals surface area (Å²) in [6.07, 6.45) is 1.43. The molecular formula is C14H16N2O4S. The minimum atomic E-state index is -3.50. The molecule has 1 N–H and O–H groups in total. The number of fused-ring (bicyclic) bond motifs is 3. The summed E-state index contributed by atoms with van der Waals surface area (Å²) in [6.45, 7) is 0.155. The van der Waals surface area contributed by atoms with E-state index in [-0.39, 0.29) is 6.54 Å². The molecule has 1 aliphatic heterocycles. The Hall–Kier alpha value is -1.86. The number of nitrogens with zero attached hydrogens (tertiary/aromatic N) is 1. The second kappa shape index (κ2) is 4.85. The fraction of sp³-hybridized carbons (Fsp3) is 0.357. The zero-order valence-electron chi connectivity index (χ0n) is 11.8. The Kier molecular flexibility index (Phi) is 3.26. The van der Waals surface area contributed by atoms with E-state index in [1.807, 2.05) is 24.3 Å². The van der Waals surface area contributed by atoms with Crippen molar-refractivity contribution in [3.8, 4) is 0 Å². The van der Waals surface area contributed by atoms with Crippen molar-refractivity contribution in [3.63, 3.8) is 0 Å². The lowest BCUT2D eigenvalue weighted by molar-refractivity contribution is -0.145. The highest BCUT2D eigenvalue weighted by atomic mass is 32.2. The third kappa shape index (κ3) is 2.32. The largest absolute Gasteiger partial charge is 0.468 e. The van der Waals surface area contributed by atoms with Crippen LogP contribution in [0.2, 0.25) is 0 Å². The minimum absolute atomic E-state index is 0.155. The maximum atomic E-state index is 12.0. The van der Waals surface area contributed by atoms with E-state index in [9.17, 15) is 13.2 Å². The van der Waals surface area contributed by atoms with E-state index in [0.717, 1.165) is 28.4 Å². The number of para-hydroxylation sites is 1. The van der Waals surface area contributed by atoms with Gasteiger partial charge in [-0.15, -0.1) is 0 Å². The summed E-state index contributed by atoms with van der Waals surface area (Å²) in [5, 5.41) is 1.02. The molecule has 0 unspecified atom stereocenters. The Labute approximate surface area is 122 Å². The molecule has 21 heavy (non-hydrogen) atoms. The van der Waals surface area contributed by atoms with Crippen LogP contribution in [-0.2, 0) is 32.5 Å². The van der Waals surface area contributed by atoms with E-state index < -0.39 is 22.0 Å². The number of aromatic nitrogens is 1. The molecule has 0 saturated carbocycles. The second-order valence-corrected chi connectivity index (χ2v) is 7.11. The monoisotopic (exact) mass is 308 g/mol. The van der Waals surface area contributed by atoms with Gasteiger partial charge in [0.25, 0.3) is 0 Å². The van der Waals surface area contributed by atoms with Gasteiger partial charge in [0.2, 0.25) is 10.0 Å². The number of nitrogens with one attached hydrogen (secondary N) is 1. The summed E-state index contributed by atoms with van der Waals surface area (Å²) in [7, 11) is -2.23. The molecule has 112 valence electrons. The first-order chi connectivity index (χ1) is 9.91. The van der Waals surface area contributed by atoms with Crippen molar-refractivity contribution in [2.75, 3.05) is 13.4 Å². The standard InChI is InChI=1S/C14H16N2O4S/c1-20-14(17)13-7-10-9-5-3-4-6-11(9)15-12(10)8-16(13)21(2,18)19/h3-6,13,15H,7-8H2,1-2H3/t13-/m1/s1. The summed E-state index contributed by atoms with van der Waals surface area (Å²) >= 11 is 0. The van der Waals surface area contributed by atoms with Crippen LogP contribution in [0.15, 0.2) is 24.3 Å². The number of ether oxygens (including phenoxy) is 1. The Morgan fingerprint density at radius 3 is 2.76 bits per heavy atom. The van der Waals surface area contributed by atoms with Crippen molar-refractivity contribution in [3.05, 3.63) is 35.5 Å². The number of hydrogen-bond donors (Lipinski definition) is 1. The molecule has 1 atom stereocenters. The van der Waals surface area contributed by atoms with Gasteiger partial charge in [0, 0.05) is 23.0 Å². The highest BCUT2D eigenvalue weighted by Gasteiger charge is 2.39. The molecule has 3 rings (SSSR count). The van der Waals surface area contributed by atoms with Crippen LogP contribution in [0.1, 0.15) is 11.3 Å². The quantitative estimate of drug-likeness (QED) is 0.840. The van der Waals surface area contributed by atoms with Gasteiger partial charge in [-0.25, -0.2) is 8.42 Å². The topological polar surface area (TPSA) is 79.5 Å². The van der Waals surface area contributed by atoms with Crippen molar-refractivity contribution in [2.24, 2.45) is 0 Å². The molecule has 1 aromatic heterocycles. The van der Waals surface area contributed by atoms with E-state index in [2.05, 4.69) is 4.98 Å². The van der Waals surface area contributed by atoms with Crippen LogP contribution in [0.25, 0.3) is 10.9 Å². The summed E-state index contributed by atoms with van der Waals surface area (Å²) in [6, 6.07) is 6.93. The van der Waals surface area contributed by atoms with Gasteiger partial charge in [-0.05, 0) is 11.6 Å². The van der Waals surface area contributed by atoms with Crippen LogP contribution in [0, 0.1) is 0 Å². The smallest absolute Gasteiger partial charge is 0.324 e. The Morgan fingerprint density at radius 2 is 2.10 bits per heavy atom. The van der Waals surface area contributed by atoms with Crippen LogP contribution in [0.5, 0.6) is 0 Å². The Balaban J connectivity index is 2.13. The Bertz CT molecular complexity index is 809. The number of sulfonamides is 1. The number of methoxy groups -OCH3 is 1. The van der Waals surface area contributed by atoms with Crippen LogP contribution < -0.4 is 0 Å². The fourth-order valence-corrected chi connectivity index (χ4v) is 3.86. The van der Waals surface area contributed by atoms with Gasteiger partial charge in [-0.3, -0.25) is 4.79 Å². The van der Waals surface area contributed by atoms with Crippen LogP contribution in [-0.4, -0.2) is 43.1 Å². The number of carbonyl (C=O) groups excluding carboxylic acids is 1. The lowest BCUT2D eigenvalue weighted by Crippen LogP contribution is -2.48. The first kappa shape index (κ1) is 14.1. The molecule has 0 fully saturated rings. The van der Waals surface area contributed by atoms with Gasteiger partial charge in [0.15, 0.2) is 0 Å². The highest BCUT2D eigenvalue weighted by Crippen LogP contribution is 2.31. The molecule has 0 bridgehead atoms. The van der Waals surface area contributed by atoms with Crippen molar-refractivity contribution in [1.82, 2.24) is 9.29 Å². The molecule has 2 aromatic rings. The normalized spacial score (nSPS) is 19.4. The minimum Gasteiger partial charge on any atom is -0.468 e. The molecule has 0 aliphatic carbocycles. The number of esters is 1. The van der Waals surface area contributed by atoms with Crippen molar-refractivity contribution in [2.45, 2.75) is 19.0 Å². The molecule has 1 aromatic carbocycles. The van der Waals surface area contributed by atoms with Crippen molar-refractivity contribution >= 4 is 26.9 Å². The molecule has 0 spiro atoms. The number of aromatic amines is 1. The van der Waals surface area contributed by atoms with E-state index in [4.69, 9.17) is 4.74 Å². The number of rotatable bonds is 2. The van der Waals surface area contributed by atoms with Crippen molar-refractivity contribution in [1.29, 1.82) is 0 Å². The summed E-state index contributed by atoms with van der Waals surface area (Å²) in [5.41, 5.74) is 2.77. The number of carbonyl (C=O) groups is 1. The second-order valence-electron chi connectivity index (χ2n) is 5.18. The molecular weight excluding hydrogens is 292 g/mol. The Morgan fingerprint density at radius 1 is 1.38 bits per heavy atom. The predicted octanol–water partition coefficient (Wildman–Crippen LogP) is 1.03. The lowest BCUT2D eigenvalue weighted by atomic mass is 9.98. The molecule has 0 saturated heterocycles. The highest BCUT2D eigenvalue weighted by molar-refractivity contribution is 7.88. The number of hydrogen-bond acceptors (Lipinski definition) is 4. The maximum absolute atomic E-state index is 12.0. The van der Waals surface area contributed by atoms with E-state index in [0.29, 0.717) is 6.42 Å². The van der Waals surface area contributed by atoms with Gasteiger partial charge < -0.3 is 9.72 Å². The zero-order chi connectivity index (χ0) is 15.2. The van der Waals surface area contributed by atoms with Crippen LogP contribution >= 0.6 is 0 Å². The maximum Gasteiger partial charge on any atom is 0.324 e. The van der Waals surface area contributed by atoms with Gasteiger partial charge >= 0.3 is 5.97 Å². The fourth-order valence-electron chi connectivity index (χ4n) is 2.87. The summed E-state index contributed by atoms with van der Waals surface area (Å²) in [5.74, 6) is -0.531. The van der Waals surface area contributed by atoms with E-state index in [1.54, 1.807) is 0 Å². The molecule has 1 aliphatic rings. The van der Waals surface area contributed by atoms with Gasteiger partial charge in [0.1, 0.15) is 6.04 Å². The van der Waals surface area contributed by atoms with E-state index >= 15 is 0 Å². The molecule has 2 heterocycles. The SMILES string of the molecule is COC(=O)[C@H]1Cc2c([nH]c3ccccc23)CN1S(C)(=O)=O. The average Bonchev–Trinajstić information content (AvgIpc) is 2.82. The van der Waals surface area contributed by atoms with Gasteiger partial charge in [-0.2, -0.15) is 4.31 Å². The third-order valence-electron chi connectivity index (χ3n) is 3.86. The van der Waals surface area contributed by atoms with Crippen LogP contribution in [0.4, 0.5) is 0 Å². The molecule has 6 nitrogen and oxygen atoms in total. The van der Waals surface area contributed by atoms with Gasteiger partial charge in [-0.1, -0.05) is 18.2 Å².